The Morgan fingerprint density at radius 3 is 2.00 bits per heavy atom. The SMILES string of the molecule is CCCCCCCC[N+]1(C)C=CC=C1.[Cl-]. The first-order valence-corrected chi connectivity index (χ1v) is 5.99. The van der Waals surface area contributed by atoms with Gasteiger partial charge in [0.05, 0.1) is 13.6 Å². The molecular weight excluding hydrogens is 206 g/mol. The maximum atomic E-state index is 2.27. The minimum absolute atomic E-state index is 0. The van der Waals surface area contributed by atoms with Crippen molar-refractivity contribution in [3.05, 3.63) is 24.6 Å². The van der Waals surface area contributed by atoms with Crippen LogP contribution in [0.1, 0.15) is 45.4 Å². The van der Waals surface area contributed by atoms with E-state index in [0.29, 0.717) is 0 Å². The summed E-state index contributed by atoms with van der Waals surface area (Å²) in [6, 6.07) is 0. The highest BCUT2D eigenvalue weighted by Gasteiger charge is 2.16. The van der Waals surface area contributed by atoms with Crippen molar-refractivity contribution in [1.82, 2.24) is 0 Å². The zero-order valence-electron chi connectivity index (χ0n) is 10.1. The Bertz CT molecular complexity index is 197. The van der Waals surface area contributed by atoms with E-state index in [1.165, 1.54) is 45.1 Å². The molecule has 1 aliphatic heterocycles. The van der Waals surface area contributed by atoms with Crippen LogP contribution in [0.3, 0.4) is 0 Å². The van der Waals surface area contributed by atoms with Crippen LogP contribution in [-0.4, -0.2) is 18.1 Å². The van der Waals surface area contributed by atoms with Gasteiger partial charge < -0.3 is 12.4 Å². The van der Waals surface area contributed by atoms with Crippen LogP contribution in [-0.2, 0) is 0 Å². The highest BCUT2D eigenvalue weighted by atomic mass is 35.5. The molecule has 0 amide bonds. The van der Waals surface area contributed by atoms with Crippen molar-refractivity contribution in [3.63, 3.8) is 0 Å². The lowest BCUT2D eigenvalue weighted by Crippen LogP contribution is -3.00. The fraction of sp³-hybridized carbons (Fsp3) is 0.692. The van der Waals surface area contributed by atoms with Crippen LogP contribution in [0.15, 0.2) is 24.6 Å². The van der Waals surface area contributed by atoms with Crippen molar-refractivity contribution >= 4 is 0 Å². The Labute approximate surface area is 101 Å². The van der Waals surface area contributed by atoms with Crippen LogP contribution in [0.5, 0.6) is 0 Å². The van der Waals surface area contributed by atoms with Crippen LogP contribution >= 0.6 is 0 Å². The Kier molecular flexibility index (Phi) is 7.81. The average Bonchev–Trinajstić information content (AvgIpc) is 2.59. The van der Waals surface area contributed by atoms with Crippen molar-refractivity contribution in [2.75, 3.05) is 13.6 Å². The number of halogens is 1. The molecule has 15 heavy (non-hydrogen) atoms. The molecule has 0 aromatic heterocycles. The molecule has 0 saturated heterocycles. The topological polar surface area (TPSA) is 0 Å². The van der Waals surface area contributed by atoms with Crippen molar-refractivity contribution in [2.24, 2.45) is 0 Å². The second-order valence-electron chi connectivity index (χ2n) is 4.52. The summed E-state index contributed by atoms with van der Waals surface area (Å²) in [7, 11) is 2.27. The quantitative estimate of drug-likeness (QED) is 0.449. The predicted molar refractivity (Wildman–Crippen MR) is 62.7 cm³/mol. The Morgan fingerprint density at radius 2 is 1.40 bits per heavy atom. The molecule has 0 unspecified atom stereocenters. The summed E-state index contributed by atoms with van der Waals surface area (Å²) < 4.78 is 1.01. The van der Waals surface area contributed by atoms with Crippen molar-refractivity contribution in [2.45, 2.75) is 45.4 Å². The standard InChI is InChI=1S/C13H24N.ClH/c1-3-4-5-6-7-8-11-14(2)12-9-10-13-14;/h9-10,12-13H,3-8,11H2,1-2H3;1H/q+1;/p-1. The maximum Gasteiger partial charge on any atom is 0.100 e. The molecule has 88 valence electrons. The van der Waals surface area contributed by atoms with Gasteiger partial charge in [-0.25, -0.2) is 0 Å². The lowest BCUT2D eigenvalue weighted by Gasteiger charge is -2.22. The van der Waals surface area contributed by atoms with Gasteiger partial charge in [0, 0.05) is 0 Å². The third-order valence-corrected chi connectivity index (χ3v) is 2.96. The zero-order chi connectivity index (χ0) is 10.3. The largest absolute Gasteiger partial charge is 1.00 e. The second kappa shape index (κ2) is 7.95. The van der Waals surface area contributed by atoms with Crippen molar-refractivity contribution in [1.29, 1.82) is 0 Å². The molecule has 0 aliphatic carbocycles. The molecule has 2 heteroatoms. The Morgan fingerprint density at radius 1 is 0.867 bits per heavy atom. The van der Waals surface area contributed by atoms with E-state index < -0.39 is 0 Å². The average molecular weight is 230 g/mol. The van der Waals surface area contributed by atoms with E-state index >= 15 is 0 Å². The van der Waals surface area contributed by atoms with E-state index in [1.807, 2.05) is 0 Å². The smallest absolute Gasteiger partial charge is 0.100 e. The van der Waals surface area contributed by atoms with Gasteiger partial charge in [0.25, 0.3) is 0 Å². The Balaban J connectivity index is 0.00000196. The molecule has 0 saturated carbocycles. The van der Waals surface area contributed by atoms with E-state index in [9.17, 15) is 0 Å². The fourth-order valence-corrected chi connectivity index (χ4v) is 1.92. The van der Waals surface area contributed by atoms with Gasteiger partial charge in [0.1, 0.15) is 12.4 Å². The van der Waals surface area contributed by atoms with Crippen LogP contribution in [0, 0.1) is 0 Å². The lowest BCUT2D eigenvalue weighted by molar-refractivity contribution is -0.804. The van der Waals surface area contributed by atoms with E-state index in [0.717, 1.165) is 4.48 Å². The monoisotopic (exact) mass is 229 g/mol. The van der Waals surface area contributed by atoms with E-state index in [2.05, 4.69) is 38.5 Å². The number of rotatable bonds is 7. The number of hydrogen-bond donors (Lipinski definition) is 0. The number of unbranched alkanes of at least 4 members (excludes halogenated alkanes) is 5. The highest BCUT2D eigenvalue weighted by molar-refractivity contribution is 5.03. The number of allylic oxidation sites excluding steroid dienone is 2. The molecule has 1 heterocycles. The maximum absolute atomic E-state index is 2.27. The Hall–Kier alpha value is -0.270. The summed E-state index contributed by atoms with van der Waals surface area (Å²) in [5.74, 6) is 0. The molecule has 0 fully saturated rings. The summed E-state index contributed by atoms with van der Waals surface area (Å²) in [4.78, 5) is 0. The first-order chi connectivity index (χ1) is 6.77. The van der Waals surface area contributed by atoms with Gasteiger partial charge in [-0.3, -0.25) is 4.48 Å². The van der Waals surface area contributed by atoms with Gasteiger partial charge in [0.2, 0.25) is 0 Å². The molecule has 1 nitrogen and oxygen atoms in total. The van der Waals surface area contributed by atoms with E-state index in [-0.39, 0.29) is 12.4 Å². The third kappa shape index (κ3) is 6.01. The van der Waals surface area contributed by atoms with Gasteiger partial charge in [-0.05, 0) is 25.0 Å². The number of hydrogen-bond acceptors (Lipinski definition) is 0. The molecule has 0 aromatic rings. The summed E-state index contributed by atoms with van der Waals surface area (Å²) in [6.07, 6.45) is 17.2. The van der Waals surface area contributed by atoms with E-state index in [4.69, 9.17) is 0 Å². The first-order valence-electron chi connectivity index (χ1n) is 5.99. The molecular formula is C13H24ClN. The summed E-state index contributed by atoms with van der Waals surface area (Å²) >= 11 is 0. The molecule has 0 atom stereocenters. The van der Waals surface area contributed by atoms with Crippen LogP contribution in [0.4, 0.5) is 0 Å². The predicted octanol–water partition coefficient (Wildman–Crippen LogP) is 0.839. The molecule has 0 bridgehead atoms. The molecule has 0 radical (unpaired) electrons. The summed E-state index contributed by atoms with van der Waals surface area (Å²) in [5, 5.41) is 0. The molecule has 0 spiro atoms. The number of nitrogens with zero attached hydrogens (tertiary/aromatic N) is 1. The van der Waals surface area contributed by atoms with Gasteiger partial charge in [-0.2, -0.15) is 0 Å². The van der Waals surface area contributed by atoms with Crippen molar-refractivity contribution in [3.8, 4) is 0 Å². The molecule has 1 rings (SSSR count). The number of quaternary nitrogens is 1. The summed E-state index contributed by atoms with van der Waals surface area (Å²) in [5.41, 5.74) is 0. The highest BCUT2D eigenvalue weighted by Crippen LogP contribution is 2.15. The van der Waals surface area contributed by atoms with Gasteiger partial charge >= 0.3 is 0 Å². The summed E-state index contributed by atoms with van der Waals surface area (Å²) in [6.45, 7) is 3.53. The lowest BCUT2D eigenvalue weighted by atomic mass is 10.1. The minimum atomic E-state index is 0. The molecule has 0 aromatic carbocycles. The molecule has 1 aliphatic rings. The first kappa shape index (κ1) is 14.7. The second-order valence-corrected chi connectivity index (χ2v) is 4.52. The van der Waals surface area contributed by atoms with Gasteiger partial charge in [-0.1, -0.05) is 32.6 Å². The van der Waals surface area contributed by atoms with Gasteiger partial charge in [0.15, 0.2) is 0 Å². The van der Waals surface area contributed by atoms with E-state index in [1.54, 1.807) is 0 Å². The van der Waals surface area contributed by atoms with Gasteiger partial charge in [-0.15, -0.1) is 0 Å². The van der Waals surface area contributed by atoms with Crippen LogP contribution in [0.2, 0.25) is 0 Å². The fourth-order valence-electron chi connectivity index (χ4n) is 1.92. The minimum Gasteiger partial charge on any atom is -1.00 e. The normalized spacial score (nSPS) is 16.7. The third-order valence-electron chi connectivity index (χ3n) is 2.96. The van der Waals surface area contributed by atoms with Crippen molar-refractivity contribution < 1.29 is 16.9 Å². The van der Waals surface area contributed by atoms with Crippen LogP contribution < -0.4 is 12.4 Å². The molecule has 0 N–H and O–H groups in total. The van der Waals surface area contributed by atoms with Crippen LogP contribution in [0.25, 0.3) is 0 Å². The zero-order valence-corrected chi connectivity index (χ0v) is 10.8.